The molecule has 0 spiro atoms. The van der Waals surface area contributed by atoms with E-state index in [2.05, 4.69) is 52.3 Å². The van der Waals surface area contributed by atoms with E-state index >= 15 is 0 Å². The Morgan fingerprint density at radius 2 is 2.00 bits per heavy atom. The Morgan fingerprint density at radius 3 is 2.60 bits per heavy atom. The SMILES string of the molecule is CC1CC=C(c2ccc(N3CCN(C)CC3)nc2)NC1. The lowest BCUT2D eigenvalue weighted by Crippen LogP contribution is -2.44. The third-order valence-electron chi connectivity index (χ3n) is 4.25. The summed E-state index contributed by atoms with van der Waals surface area (Å²) in [7, 11) is 2.18. The number of piperazine rings is 1. The van der Waals surface area contributed by atoms with Crippen LogP contribution < -0.4 is 10.2 Å². The highest BCUT2D eigenvalue weighted by Gasteiger charge is 2.16. The summed E-state index contributed by atoms with van der Waals surface area (Å²) in [5, 5.41) is 3.49. The summed E-state index contributed by atoms with van der Waals surface area (Å²) in [6, 6.07) is 4.34. The summed E-state index contributed by atoms with van der Waals surface area (Å²) in [5.74, 6) is 1.84. The zero-order valence-corrected chi connectivity index (χ0v) is 12.5. The molecule has 0 bridgehead atoms. The summed E-state index contributed by atoms with van der Waals surface area (Å²) in [5.41, 5.74) is 2.44. The maximum Gasteiger partial charge on any atom is 0.128 e. The molecule has 0 radical (unpaired) electrons. The van der Waals surface area contributed by atoms with E-state index in [1.165, 1.54) is 11.3 Å². The molecule has 0 saturated carbocycles. The van der Waals surface area contributed by atoms with E-state index in [1.807, 2.05) is 6.20 Å². The van der Waals surface area contributed by atoms with E-state index < -0.39 is 0 Å². The molecular weight excluding hydrogens is 248 g/mol. The van der Waals surface area contributed by atoms with E-state index in [-0.39, 0.29) is 0 Å². The van der Waals surface area contributed by atoms with Crippen LogP contribution in [0.4, 0.5) is 5.82 Å². The predicted octanol–water partition coefficient (Wildman–Crippen LogP) is 1.80. The molecule has 2 aliphatic rings. The summed E-state index contributed by atoms with van der Waals surface area (Å²) in [6.07, 6.45) is 5.45. The minimum absolute atomic E-state index is 0.733. The summed E-state index contributed by atoms with van der Waals surface area (Å²) in [4.78, 5) is 9.38. The first-order valence-corrected chi connectivity index (χ1v) is 7.56. The molecular formula is C16H24N4. The van der Waals surface area contributed by atoms with Crippen LogP contribution in [0.25, 0.3) is 5.70 Å². The van der Waals surface area contributed by atoms with Crippen molar-refractivity contribution < 1.29 is 0 Å². The Kier molecular flexibility index (Phi) is 3.92. The Balaban J connectivity index is 1.68. The second-order valence-electron chi connectivity index (χ2n) is 6.03. The Morgan fingerprint density at radius 1 is 1.20 bits per heavy atom. The van der Waals surface area contributed by atoms with Crippen LogP contribution in [0.2, 0.25) is 0 Å². The lowest BCUT2D eigenvalue weighted by Gasteiger charge is -2.33. The summed E-state index contributed by atoms with van der Waals surface area (Å²) in [6.45, 7) is 7.71. The normalized spacial score (nSPS) is 24.2. The number of hydrogen-bond donors (Lipinski definition) is 1. The van der Waals surface area contributed by atoms with Gasteiger partial charge in [0.1, 0.15) is 5.82 Å². The number of allylic oxidation sites excluding steroid dienone is 1. The van der Waals surface area contributed by atoms with Crippen molar-refractivity contribution in [3.8, 4) is 0 Å². The zero-order chi connectivity index (χ0) is 13.9. The second-order valence-corrected chi connectivity index (χ2v) is 6.03. The average molecular weight is 272 g/mol. The predicted molar refractivity (Wildman–Crippen MR) is 83.7 cm³/mol. The molecule has 1 unspecified atom stereocenters. The molecule has 0 aromatic carbocycles. The van der Waals surface area contributed by atoms with E-state index in [0.29, 0.717) is 0 Å². The van der Waals surface area contributed by atoms with Crippen LogP contribution in [0, 0.1) is 5.92 Å². The van der Waals surface area contributed by atoms with Gasteiger partial charge in [-0.1, -0.05) is 13.0 Å². The first-order chi connectivity index (χ1) is 9.72. The first kappa shape index (κ1) is 13.4. The molecule has 3 rings (SSSR count). The zero-order valence-electron chi connectivity index (χ0n) is 12.5. The van der Waals surface area contributed by atoms with Gasteiger partial charge in [0.05, 0.1) is 0 Å². The minimum Gasteiger partial charge on any atom is -0.384 e. The van der Waals surface area contributed by atoms with Crippen molar-refractivity contribution in [3.05, 3.63) is 30.0 Å². The lowest BCUT2D eigenvalue weighted by molar-refractivity contribution is 0.312. The molecule has 0 amide bonds. The number of pyridine rings is 1. The molecule has 0 aliphatic carbocycles. The molecule has 20 heavy (non-hydrogen) atoms. The standard InChI is InChI=1S/C16H24N4/c1-13-3-5-15(17-11-13)14-4-6-16(18-12-14)20-9-7-19(2)8-10-20/h4-6,12-13,17H,3,7-11H2,1-2H3. The number of aromatic nitrogens is 1. The fourth-order valence-electron chi connectivity index (χ4n) is 2.75. The van der Waals surface area contributed by atoms with Gasteiger partial charge in [0, 0.05) is 50.2 Å². The van der Waals surface area contributed by atoms with Crippen molar-refractivity contribution in [2.24, 2.45) is 5.92 Å². The maximum absolute atomic E-state index is 4.65. The molecule has 1 fully saturated rings. The fourth-order valence-corrected chi connectivity index (χ4v) is 2.75. The van der Waals surface area contributed by atoms with Gasteiger partial charge in [-0.3, -0.25) is 0 Å². The molecule has 2 aliphatic heterocycles. The molecule has 1 saturated heterocycles. The molecule has 1 aromatic heterocycles. The highest BCUT2D eigenvalue weighted by Crippen LogP contribution is 2.21. The molecule has 108 valence electrons. The van der Waals surface area contributed by atoms with Gasteiger partial charge in [0.15, 0.2) is 0 Å². The lowest BCUT2D eigenvalue weighted by atomic mass is 10.0. The van der Waals surface area contributed by atoms with Crippen LogP contribution in [0.15, 0.2) is 24.4 Å². The van der Waals surface area contributed by atoms with Gasteiger partial charge in [0.25, 0.3) is 0 Å². The van der Waals surface area contributed by atoms with Crippen molar-refractivity contribution in [1.29, 1.82) is 0 Å². The quantitative estimate of drug-likeness (QED) is 0.889. The maximum atomic E-state index is 4.65. The number of nitrogens with one attached hydrogen (secondary N) is 1. The molecule has 1 aromatic rings. The van der Waals surface area contributed by atoms with E-state index in [0.717, 1.165) is 50.9 Å². The highest BCUT2D eigenvalue weighted by molar-refractivity contribution is 5.65. The Bertz CT molecular complexity index is 472. The molecule has 3 heterocycles. The number of rotatable bonds is 2. The number of anilines is 1. The van der Waals surface area contributed by atoms with Gasteiger partial charge in [0.2, 0.25) is 0 Å². The third-order valence-corrected chi connectivity index (χ3v) is 4.25. The third kappa shape index (κ3) is 2.96. The Hall–Kier alpha value is -1.55. The molecule has 4 nitrogen and oxygen atoms in total. The van der Waals surface area contributed by atoms with E-state index in [1.54, 1.807) is 0 Å². The number of likely N-dealkylation sites (N-methyl/N-ethyl adjacent to an activating group) is 1. The average Bonchev–Trinajstić information content (AvgIpc) is 2.49. The fraction of sp³-hybridized carbons (Fsp3) is 0.562. The first-order valence-electron chi connectivity index (χ1n) is 7.56. The van der Waals surface area contributed by atoms with Crippen LogP contribution in [-0.4, -0.2) is 49.7 Å². The van der Waals surface area contributed by atoms with Gasteiger partial charge in [-0.25, -0.2) is 4.98 Å². The van der Waals surface area contributed by atoms with Crippen molar-refractivity contribution in [3.63, 3.8) is 0 Å². The van der Waals surface area contributed by atoms with Crippen molar-refractivity contribution in [2.45, 2.75) is 13.3 Å². The number of nitrogens with zero attached hydrogens (tertiary/aromatic N) is 3. The summed E-state index contributed by atoms with van der Waals surface area (Å²) < 4.78 is 0. The largest absolute Gasteiger partial charge is 0.384 e. The van der Waals surface area contributed by atoms with Gasteiger partial charge in [-0.2, -0.15) is 0 Å². The van der Waals surface area contributed by atoms with Gasteiger partial charge in [-0.15, -0.1) is 0 Å². The van der Waals surface area contributed by atoms with Gasteiger partial charge >= 0.3 is 0 Å². The number of hydrogen-bond acceptors (Lipinski definition) is 4. The van der Waals surface area contributed by atoms with E-state index in [9.17, 15) is 0 Å². The van der Waals surface area contributed by atoms with Crippen molar-refractivity contribution >= 4 is 11.5 Å². The van der Waals surface area contributed by atoms with Crippen LogP contribution in [-0.2, 0) is 0 Å². The Labute approximate surface area is 121 Å². The minimum atomic E-state index is 0.733. The van der Waals surface area contributed by atoms with E-state index in [4.69, 9.17) is 0 Å². The highest BCUT2D eigenvalue weighted by atomic mass is 15.3. The summed E-state index contributed by atoms with van der Waals surface area (Å²) >= 11 is 0. The van der Waals surface area contributed by atoms with Crippen LogP contribution in [0.5, 0.6) is 0 Å². The van der Waals surface area contributed by atoms with Crippen molar-refractivity contribution in [2.75, 3.05) is 44.7 Å². The van der Waals surface area contributed by atoms with Crippen LogP contribution in [0.3, 0.4) is 0 Å². The van der Waals surface area contributed by atoms with Gasteiger partial charge < -0.3 is 15.1 Å². The van der Waals surface area contributed by atoms with Gasteiger partial charge in [-0.05, 0) is 31.5 Å². The molecule has 4 heteroatoms. The molecule has 1 atom stereocenters. The topological polar surface area (TPSA) is 31.4 Å². The smallest absolute Gasteiger partial charge is 0.128 e. The van der Waals surface area contributed by atoms with Crippen molar-refractivity contribution in [1.82, 2.24) is 15.2 Å². The monoisotopic (exact) mass is 272 g/mol. The second kappa shape index (κ2) is 5.83. The molecule has 1 N–H and O–H groups in total. The van der Waals surface area contributed by atoms with Crippen LogP contribution >= 0.6 is 0 Å². The van der Waals surface area contributed by atoms with Crippen LogP contribution in [0.1, 0.15) is 18.9 Å².